The minimum Gasteiger partial charge on any atom is -0.454 e. The maximum atomic E-state index is 12.1. The molecule has 3 rings (SSSR count). The van der Waals surface area contributed by atoms with E-state index in [1.165, 1.54) is 0 Å². The molecule has 0 radical (unpaired) electrons. The second kappa shape index (κ2) is 4.13. The molecule has 0 spiro atoms. The zero-order valence-corrected chi connectivity index (χ0v) is 11.0. The van der Waals surface area contributed by atoms with Gasteiger partial charge in [-0.25, -0.2) is 0 Å². The molecule has 0 amide bonds. The summed E-state index contributed by atoms with van der Waals surface area (Å²) in [5.74, 6) is 0.601. The summed E-state index contributed by atoms with van der Waals surface area (Å²) in [5.41, 5.74) is 0.583. The van der Waals surface area contributed by atoms with Crippen molar-refractivity contribution in [2.24, 2.45) is 0 Å². The van der Waals surface area contributed by atoms with Gasteiger partial charge in [-0.15, -0.1) is 11.3 Å². The van der Waals surface area contributed by atoms with Crippen LogP contribution in [0.15, 0.2) is 55.5 Å². The number of hydrogen-bond acceptors (Lipinski definition) is 3. The lowest BCUT2D eigenvalue weighted by Gasteiger charge is -2.03. The van der Waals surface area contributed by atoms with E-state index in [0.29, 0.717) is 21.2 Å². The molecular weight excluding hydrogens is 300 g/mol. The van der Waals surface area contributed by atoms with Crippen LogP contribution in [0, 0.1) is 0 Å². The quantitative estimate of drug-likeness (QED) is 0.671. The van der Waals surface area contributed by atoms with Gasteiger partial charge in [0.1, 0.15) is 10.1 Å². The molecule has 17 heavy (non-hydrogen) atoms. The van der Waals surface area contributed by atoms with Gasteiger partial charge in [-0.2, -0.15) is 0 Å². The number of thiophene rings is 1. The zero-order chi connectivity index (χ0) is 11.8. The van der Waals surface area contributed by atoms with Gasteiger partial charge in [0, 0.05) is 0 Å². The van der Waals surface area contributed by atoms with E-state index < -0.39 is 0 Å². The van der Waals surface area contributed by atoms with Gasteiger partial charge < -0.3 is 4.42 Å². The highest BCUT2D eigenvalue weighted by atomic mass is 79.9. The van der Waals surface area contributed by atoms with E-state index >= 15 is 0 Å². The van der Waals surface area contributed by atoms with Gasteiger partial charge >= 0.3 is 0 Å². The molecule has 0 unspecified atom stereocenters. The summed E-state index contributed by atoms with van der Waals surface area (Å²) in [6.45, 7) is 0. The summed E-state index contributed by atoms with van der Waals surface area (Å²) < 4.78 is 6.27. The number of rotatable bonds is 1. The second-order valence-electron chi connectivity index (χ2n) is 3.55. The fourth-order valence-electron chi connectivity index (χ4n) is 1.69. The fourth-order valence-corrected chi connectivity index (χ4v) is 3.04. The van der Waals surface area contributed by atoms with Gasteiger partial charge in [0.05, 0.1) is 10.3 Å². The van der Waals surface area contributed by atoms with Crippen molar-refractivity contribution in [3.8, 4) is 10.6 Å². The van der Waals surface area contributed by atoms with E-state index in [4.69, 9.17) is 4.42 Å². The smallest absolute Gasteiger partial charge is 0.207 e. The minimum atomic E-state index is -0.0322. The third kappa shape index (κ3) is 1.73. The van der Waals surface area contributed by atoms with Crippen molar-refractivity contribution in [1.82, 2.24) is 0 Å². The Morgan fingerprint density at radius 2 is 1.94 bits per heavy atom. The van der Waals surface area contributed by atoms with Crippen molar-refractivity contribution >= 4 is 38.2 Å². The minimum absolute atomic E-state index is 0.0322. The van der Waals surface area contributed by atoms with E-state index in [0.717, 1.165) is 4.88 Å². The lowest BCUT2D eigenvalue weighted by Crippen LogP contribution is -2.03. The van der Waals surface area contributed by atoms with Gasteiger partial charge in [0.15, 0.2) is 5.76 Å². The van der Waals surface area contributed by atoms with Gasteiger partial charge in [0.2, 0.25) is 5.43 Å². The van der Waals surface area contributed by atoms with Crippen molar-refractivity contribution < 1.29 is 4.42 Å². The predicted octanol–water partition coefficient (Wildman–Crippen LogP) is 4.28. The summed E-state index contributed by atoms with van der Waals surface area (Å²) >= 11 is 4.87. The van der Waals surface area contributed by atoms with Crippen LogP contribution in [0.4, 0.5) is 0 Å². The first kappa shape index (κ1) is 10.7. The van der Waals surface area contributed by atoms with E-state index in [1.54, 1.807) is 23.5 Å². The molecular formula is C13H7BrO2S. The van der Waals surface area contributed by atoms with Crippen LogP contribution in [0.1, 0.15) is 0 Å². The van der Waals surface area contributed by atoms with Gasteiger partial charge in [-0.05, 0) is 39.5 Å². The molecule has 0 fully saturated rings. The van der Waals surface area contributed by atoms with Crippen LogP contribution < -0.4 is 5.43 Å². The molecule has 0 saturated heterocycles. The summed E-state index contributed by atoms with van der Waals surface area (Å²) in [7, 11) is 0. The molecule has 3 aromatic rings. The Morgan fingerprint density at radius 1 is 1.12 bits per heavy atom. The van der Waals surface area contributed by atoms with E-state index in [-0.39, 0.29) is 5.43 Å². The summed E-state index contributed by atoms with van der Waals surface area (Å²) in [6.07, 6.45) is 0. The fraction of sp³-hybridized carbons (Fsp3) is 0. The molecule has 2 nitrogen and oxygen atoms in total. The third-order valence-electron chi connectivity index (χ3n) is 2.49. The molecule has 0 saturated carbocycles. The monoisotopic (exact) mass is 306 g/mol. The van der Waals surface area contributed by atoms with Crippen molar-refractivity contribution in [3.05, 3.63) is 56.5 Å². The number of halogens is 1. The van der Waals surface area contributed by atoms with E-state index in [9.17, 15) is 4.79 Å². The van der Waals surface area contributed by atoms with Crippen molar-refractivity contribution in [2.75, 3.05) is 0 Å². The standard InChI is InChI=1S/C13H7BrO2S/c14-11-12(15)8-4-1-2-5-9(8)16-13(11)10-6-3-7-17-10/h1-7H. The molecule has 0 bridgehead atoms. The summed E-state index contributed by atoms with van der Waals surface area (Å²) in [5, 5.41) is 2.55. The predicted molar refractivity (Wildman–Crippen MR) is 73.5 cm³/mol. The van der Waals surface area contributed by atoms with Crippen molar-refractivity contribution in [2.45, 2.75) is 0 Å². The average molecular weight is 307 g/mol. The molecule has 2 aromatic heterocycles. The highest BCUT2D eigenvalue weighted by molar-refractivity contribution is 9.10. The number of fused-ring (bicyclic) bond motifs is 1. The third-order valence-corrected chi connectivity index (χ3v) is 4.08. The Bertz CT molecular complexity index is 729. The molecule has 2 heterocycles. The largest absolute Gasteiger partial charge is 0.454 e. The Balaban J connectivity index is 2.42. The number of benzene rings is 1. The number of para-hydroxylation sites is 1. The van der Waals surface area contributed by atoms with Crippen molar-refractivity contribution in [3.63, 3.8) is 0 Å². The van der Waals surface area contributed by atoms with E-state index in [2.05, 4.69) is 15.9 Å². The lowest BCUT2D eigenvalue weighted by molar-refractivity contribution is 0.617. The van der Waals surface area contributed by atoms with Gasteiger partial charge in [-0.1, -0.05) is 18.2 Å². The SMILES string of the molecule is O=c1c(Br)c(-c2cccs2)oc2ccccc12. The molecule has 0 aliphatic rings. The first-order valence-corrected chi connectivity index (χ1v) is 6.70. The maximum Gasteiger partial charge on any atom is 0.207 e. The lowest BCUT2D eigenvalue weighted by atomic mass is 10.2. The van der Waals surface area contributed by atoms with E-state index in [1.807, 2.05) is 29.6 Å². The van der Waals surface area contributed by atoms with Crippen LogP contribution in [0.3, 0.4) is 0 Å². The first-order valence-electron chi connectivity index (χ1n) is 5.02. The maximum absolute atomic E-state index is 12.1. The molecule has 0 aliphatic heterocycles. The van der Waals surface area contributed by atoms with Crippen LogP contribution in [-0.4, -0.2) is 0 Å². The van der Waals surface area contributed by atoms with Crippen LogP contribution in [0.25, 0.3) is 21.6 Å². The van der Waals surface area contributed by atoms with Crippen LogP contribution in [-0.2, 0) is 0 Å². The molecule has 84 valence electrons. The zero-order valence-electron chi connectivity index (χ0n) is 8.64. The molecule has 1 aromatic carbocycles. The summed E-state index contributed by atoms with van der Waals surface area (Å²) in [4.78, 5) is 13.1. The first-order chi connectivity index (χ1) is 8.27. The second-order valence-corrected chi connectivity index (χ2v) is 5.29. The van der Waals surface area contributed by atoms with Gasteiger partial charge in [0.25, 0.3) is 0 Å². The average Bonchev–Trinajstić information content (AvgIpc) is 2.87. The Kier molecular flexibility index (Phi) is 2.61. The Hall–Kier alpha value is -1.39. The molecule has 0 aliphatic carbocycles. The Labute approximate surface area is 110 Å². The Morgan fingerprint density at radius 3 is 2.71 bits per heavy atom. The van der Waals surface area contributed by atoms with Crippen LogP contribution in [0.2, 0.25) is 0 Å². The molecule has 4 heteroatoms. The molecule has 0 atom stereocenters. The van der Waals surface area contributed by atoms with Gasteiger partial charge in [-0.3, -0.25) is 4.79 Å². The summed E-state index contributed by atoms with van der Waals surface area (Å²) in [6, 6.07) is 11.1. The normalized spacial score (nSPS) is 10.9. The topological polar surface area (TPSA) is 30.2 Å². The highest BCUT2D eigenvalue weighted by Crippen LogP contribution is 2.31. The van der Waals surface area contributed by atoms with Crippen molar-refractivity contribution in [1.29, 1.82) is 0 Å². The highest BCUT2D eigenvalue weighted by Gasteiger charge is 2.13. The van der Waals surface area contributed by atoms with Crippen LogP contribution >= 0.6 is 27.3 Å². The van der Waals surface area contributed by atoms with Crippen LogP contribution in [0.5, 0.6) is 0 Å². The molecule has 0 N–H and O–H groups in total. The number of hydrogen-bond donors (Lipinski definition) is 0.